The number of esters is 2. The smallest absolute Gasteiger partial charge is 0.306 e. The molecule has 10 heteroatoms. The first kappa shape index (κ1) is 88.3. The Morgan fingerprint density at radius 3 is 0.883 bits per heavy atom. The molecule has 9 nitrogen and oxygen atoms in total. The minimum absolute atomic E-state index is 0.0515. The summed E-state index contributed by atoms with van der Waals surface area (Å²) in [6, 6.07) is 0. The van der Waals surface area contributed by atoms with Gasteiger partial charge in [-0.1, -0.05) is 303 Å². The quantitative estimate of drug-likeness (QED) is 0.0195. The SMILES string of the molecule is CC/C=C\C/C=C\C/C=C\C/C=C\C/C=C\C/C=C\C/C=C\C/C=C\C/C=C\CCCCCCCCCCCCCCCC(=O)OC(COC(=O)CCC/C=C\C/C=C\C/C=C\C/C=C\C/C=C\C/C=C\C/C=C\C/C=C\C/C=C\CC)COP(=O)([O-])OCC[N+](C)(C)C. The van der Waals surface area contributed by atoms with Gasteiger partial charge in [-0.25, -0.2) is 0 Å². The van der Waals surface area contributed by atoms with Crippen molar-refractivity contribution >= 4 is 19.8 Å². The Hall–Kier alpha value is -5.67. The van der Waals surface area contributed by atoms with Crippen molar-refractivity contribution in [3.63, 3.8) is 0 Å². The molecule has 0 saturated carbocycles. The molecule has 0 fully saturated rings. The minimum atomic E-state index is -4.67. The van der Waals surface area contributed by atoms with Gasteiger partial charge in [0.05, 0.1) is 27.7 Å². The van der Waals surface area contributed by atoms with Crippen LogP contribution in [0.15, 0.2) is 219 Å². The van der Waals surface area contributed by atoms with Crippen LogP contribution in [0.1, 0.15) is 245 Å². The van der Waals surface area contributed by atoms with E-state index >= 15 is 0 Å². The number of allylic oxidation sites excluding steroid dienone is 36. The van der Waals surface area contributed by atoms with Crippen molar-refractivity contribution in [3.8, 4) is 0 Å². The highest BCUT2D eigenvalue weighted by Gasteiger charge is 2.22. The van der Waals surface area contributed by atoms with E-state index in [0.717, 1.165) is 135 Å². The van der Waals surface area contributed by atoms with Crippen LogP contribution in [0.3, 0.4) is 0 Å². The number of hydrogen-bond acceptors (Lipinski definition) is 8. The van der Waals surface area contributed by atoms with Gasteiger partial charge < -0.3 is 27.9 Å². The number of quaternary nitrogens is 1. The highest BCUT2D eigenvalue weighted by atomic mass is 31.2. The lowest BCUT2D eigenvalue weighted by molar-refractivity contribution is -0.870. The Morgan fingerprint density at radius 2 is 0.585 bits per heavy atom. The van der Waals surface area contributed by atoms with E-state index in [2.05, 4.69) is 233 Å². The molecule has 0 bridgehead atoms. The zero-order chi connectivity index (χ0) is 68.3. The van der Waals surface area contributed by atoms with Crippen molar-refractivity contribution in [2.24, 2.45) is 0 Å². The van der Waals surface area contributed by atoms with Crippen LogP contribution in [-0.4, -0.2) is 70.0 Å². The lowest BCUT2D eigenvalue weighted by atomic mass is 10.0. The number of carbonyl (C=O) groups is 2. The molecule has 0 N–H and O–H groups in total. The zero-order valence-electron chi connectivity index (χ0n) is 59.8. The summed E-state index contributed by atoms with van der Waals surface area (Å²) in [7, 11) is 1.11. The fourth-order valence-corrected chi connectivity index (χ4v) is 9.73. The lowest BCUT2D eigenvalue weighted by Gasteiger charge is -2.28. The maximum Gasteiger partial charge on any atom is 0.306 e. The largest absolute Gasteiger partial charge is 0.756 e. The molecule has 0 aliphatic heterocycles. The summed E-state index contributed by atoms with van der Waals surface area (Å²) in [5, 5.41) is 0. The summed E-state index contributed by atoms with van der Waals surface area (Å²) in [4.78, 5) is 38.1. The molecule has 0 aromatic carbocycles. The van der Waals surface area contributed by atoms with Gasteiger partial charge in [-0.3, -0.25) is 14.2 Å². The van der Waals surface area contributed by atoms with Gasteiger partial charge >= 0.3 is 11.9 Å². The first-order chi connectivity index (χ1) is 46.0. The molecule has 0 saturated heterocycles. The van der Waals surface area contributed by atoms with Gasteiger partial charge in [0, 0.05) is 12.8 Å². The monoisotopic (exact) mass is 1310 g/mol. The van der Waals surface area contributed by atoms with E-state index in [1.165, 1.54) is 64.2 Å². The normalized spacial score (nSPS) is 14.4. The molecular weight excluding hydrogens is 1180 g/mol. The van der Waals surface area contributed by atoms with Crippen LogP contribution >= 0.6 is 7.82 Å². The topological polar surface area (TPSA) is 111 Å². The second-order valence-corrected chi connectivity index (χ2v) is 25.9. The van der Waals surface area contributed by atoms with Crippen molar-refractivity contribution in [3.05, 3.63) is 219 Å². The van der Waals surface area contributed by atoms with Gasteiger partial charge in [-0.15, -0.1) is 0 Å². The number of phosphoric acid groups is 1. The fourth-order valence-electron chi connectivity index (χ4n) is 9.00. The molecule has 2 unspecified atom stereocenters. The standard InChI is InChI=1S/C84H132NO8P/c1-6-8-10-12-14-16-18-20-22-24-26-28-30-32-34-36-37-38-39-40-41-42-43-44-45-46-47-49-51-53-55-57-59-61-63-65-67-69-71-73-75-77-84(87)93-82(81-92-94(88,89)91-79-78-85(3,4)5)80-90-83(86)76-74-72-70-68-66-64-62-60-58-56-54-52-50-48-35-33-31-29-27-25-23-21-19-17-15-13-11-9-7-2/h8-11,14-17,20-23,26-29,32-35,37-38,40-41,43-44,46-47,50,52,56,58,62,64,68,70,82H,6-7,12-13,18-19,24-25,30-31,36,39,42,45,48-49,51,53-55,57,59-61,63,65-67,69,71-81H2,1-5H3/b10-8-,11-9-,16-14-,17-15-,22-20-,23-21-,28-26-,29-27-,34-32-,35-33-,38-37-,41-40-,44-43-,47-46-,52-50-,58-56-,64-62-,70-68-. The average Bonchev–Trinajstić information content (AvgIpc) is 1.57. The first-order valence-electron chi connectivity index (χ1n) is 36.4. The number of ether oxygens (including phenoxy) is 2. The van der Waals surface area contributed by atoms with E-state index in [-0.39, 0.29) is 26.1 Å². The number of rotatable bonds is 64. The fraction of sp³-hybridized carbons (Fsp3) is 0.548. The van der Waals surface area contributed by atoms with Gasteiger partial charge in [0.2, 0.25) is 0 Å². The summed E-state index contributed by atoms with van der Waals surface area (Å²) < 4.78 is 34.2. The summed E-state index contributed by atoms with van der Waals surface area (Å²) in [6.45, 7) is 3.92. The average molecular weight is 1310 g/mol. The number of nitrogens with zero attached hydrogens (tertiary/aromatic N) is 1. The number of likely N-dealkylation sites (N-methyl/N-ethyl adjacent to an activating group) is 1. The third-order valence-electron chi connectivity index (χ3n) is 14.5. The molecule has 0 aromatic rings. The number of unbranched alkanes of at least 4 members (excludes halogenated alkanes) is 14. The van der Waals surface area contributed by atoms with Crippen molar-refractivity contribution in [1.29, 1.82) is 0 Å². The summed E-state index contributed by atoms with van der Waals surface area (Å²) in [6.07, 6.45) is 115. The zero-order valence-corrected chi connectivity index (χ0v) is 60.7. The molecule has 0 aromatic heterocycles. The van der Waals surface area contributed by atoms with Crippen molar-refractivity contribution in [2.75, 3.05) is 47.5 Å². The summed E-state index contributed by atoms with van der Waals surface area (Å²) in [5.41, 5.74) is 0. The van der Waals surface area contributed by atoms with E-state index in [0.29, 0.717) is 30.3 Å². The van der Waals surface area contributed by atoms with Crippen LogP contribution < -0.4 is 4.89 Å². The van der Waals surface area contributed by atoms with E-state index in [1.54, 1.807) is 0 Å². The van der Waals surface area contributed by atoms with Crippen LogP contribution in [0.2, 0.25) is 0 Å². The number of carbonyl (C=O) groups excluding carboxylic acids is 2. The predicted molar refractivity (Wildman–Crippen MR) is 405 cm³/mol. The van der Waals surface area contributed by atoms with Crippen LogP contribution in [-0.2, 0) is 32.7 Å². The van der Waals surface area contributed by atoms with E-state index < -0.39 is 32.5 Å². The molecule has 0 rings (SSSR count). The van der Waals surface area contributed by atoms with Gasteiger partial charge in [0.25, 0.3) is 7.82 Å². The van der Waals surface area contributed by atoms with Crippen molar-refractivity contribution < 1.29 is 42.1 Å². The minimum Gasteiger partial charge on any atom is -0.756 e. The molecule has 0 amide bonds. The first-order valence-corrected chi connectivity index (χ1v) is 37.9. The molecule has 0 radical (unpaired) electrons. The van der Waals surface area contributed by atoms with Crippen LogP contribution in [0.25, 0.3) is 0 Å². The van der Waals surface area contributed by atoms with Crippen molar-refractivity contribution in [1.82, 2.24) is 0 Å². The van der Waals surface area contributed by atoms with Gasteiger partial charge in [-0.2, -0.15) is 0 Å². The highest BCUT2D eigenvalue weighted by Crippen LogP contribution is 2.38. The van der Waals surface area contributed by atoms with E-state index in [1.807, 2.05) is 21.1 Å². The second-order valence-electron chi connectivity index (χ2n) is 24.5. The molecule has 0 spiro atoms. The third-order valence-corrected chi connectivity index (χ3v) is 15.5. The molecule has 0 aliphatic carbocycles. The number of hydrogen-bond donors (Lipinski definition) is 0. The predicted octanol–water partition coefficient (Wildman–Crippen LogP) is 23.7. The van der Waals surface area contributed by atoms with Crippen LogP contribution in [0.5, 0.6) is 0 Å². The van der Waals surface area contributed by atoms with Gasteiger partial charge in [0.15, 0.2) is 6.10 Å². The van der Waals surface area contributed by atoms with Crippen molar-refractivity contribution in [2.45, 2.75) is 251 Å². The second kappa shape index (κ2) is 71.6. The summed E-state index contributed by atoms with van der Waals surface area (Å²) in [5.74, 6) is -0.919. The third kappa shape index (κ3) is 75.4. The molecular formula is C84H132NO8P. The van der Waals surface area contributed by atoms with Gasteiger partial charge in [-0.05, 0) is 148 Å². The Kier molecular flexibility index (Phi) is 67.3. The Balaban J connectivity index is 4.17. The molecule has 526 valence electrons. The Labute approximate surface area is 576 Å². The highest BCUT2D eigenvalue weighted by molar-refractivity contribution is 7.45. The maximum atomic E-state index is 12.9. The number of phosphoric ester groups is 1. The molecule has 0 heterocycles. The Bertz CT molecular complexity index is 2390. The van der Waals surface area contributed by atoms with Gasteiger partial charge in [0.1, 0.15) is 19.8 Å². The molecule has 0 aliphatic rings. The summed E-state index contributed by atoms with van der Waals surface area (Å²) >= 11 is 0. The van der Waals surface area contributed by atoms with E-state index in [9.17, 15) is 19.0 Å². The molecule has 2 atom stereocenters. The Morgan fingerprint density at radius 1 is 0.330 bits per heavy atom. The lowest BCUT2D eigenvalue weighted by Crippen LogP contribution is -2.37. The van der Waals surface area contributed by atoms with Crippen LogP contribution in [0.4, 0.5) is 0 Å². The molecule has 94 heavy (non-hydrogen) atoms. The van der Waals surface area contributed by atoms with Crippen LogP contribution in [0, 0.1) is 0 Å². The van der Waals surface area contributed by atoms with E-state index in [4.69, 9.17) is 18.5 Å². The maximum absolute atomic E-state index is 12.9.